The number of halogens is 1. The van der Waals surface area contributed by atoms with Gasteiger partial charge in [-0.3, -0.25) is 4.79 Å². The summed E-state index contributed by atoms with van der Waals surface area (Å²) in [6.45, 7) is 3.75. The van der Waals surface area contributed by atoms with E-state index in [4.69, 9.17) is 20.8 Å². The molecule has 0 N–H and O–H groups in total. The average Bonchev–Trinajstić information content (AvgIpc) is 2.90. The van der Waals surface area contributed by atoms with Crippen LogP contribution in [-0.4, -0.2) is 30.6 Å². The minimum Gasteiger partial charge on any atom is -0.466 e. The van der Waals surface area contributed by atoms with Crippen molar-refractivity contribution in [1.82, 2.24) is 4.98 Å². The Balaban J connectivity index is 1.69. The maximum Gasteiger partial charge on any atom is 0.309 e. The molecule has 5 nitrogen and oxygen atoms in total. The van der Waals surface area contributed by atoms with E-state index in [0.29, 0.717) is 23.2 Å². The number of hydrogen-bond acceptors (Lipinski definition) is 5. The number of rotatable bonds is 3. The number of piperidine rings is 1. The van der Waals surface area contributed by atoms with Crippen molar-refractivity contribution in [3.8, 4) is 0 Å². The van der Waals surface area contributed by atoms with E-state index in [2.05, 4.69) is 9.88 Å². The van der Waals surface area contributed by atoms with Gasteiger partial charge in [-0.25, -0.2) is 0 Å². The minimum absolute atomic E-state index is 0.0139. The number of esters is 1. The Hall–Kier alpha value is -1.75. The van der Waals surface area contributed by atoms with Gasteiger partial charge in [-0.1, -0.05) is 11.6 Å². The van der Waals surface area contributed by atoms with E-state index in [1.54, 1.807) is 12.1 Å². The summed E-state index contributed by atoms with van der Waals surface area (Å²) in [6.07, 6.45) is 1.52. The molecule has 3 rings (SSSR count). The van der Waals surface area contributed by atoms with Gasteiger partial charge < -0.3 is 14.1 Å². The standard InChI is InChI=1S/C15H17ClN2O3/c1-2-20-14(19)10-5-7-18(8-6-10)15-17-12-4-3-11(16)9-13(12)21-15/h3-4,9-10H,2,5-8H2,1H3. The van der Waals surface area contributed by atoms with E-state index in [9.17, 15) is 4.79 Å². The summed E-state index contributed by atoms with van der Waals surface area (Å²) in [6, 6.07) is 5.99. The molecule has 2 heterocycles. The first-order valence-corrected chi connectivity index (χ1v) is 7.53. The van der Waals surface area contributed by atoms with Gasteiger partial charge in [0.25, 0.3) is 6.01 Å². The van der Waals surface area contributed by atoms with Crippen LogP contribution in [-0.2, 0) is 9.53 Å². The normalized spacial score (nSPS) is 16.4. The van der Waals surface area contributed by atoms with Gasteiger partial charge in [-0.05, 0) is 31.9 Å². The van der Waals surface area contributed by atoms with E-state index in [0.717, 1.165) is 31.4 Å². The van der Waals surface area contributed by atoms with Crippen LogP contribution < -0.4 is 4.90 Å². The van der Waals surface area contributed by atoms with Crippen molar-refractivity contribution in [3.05, 3.63) is 23.2 Å². The fourth-order valence-electron chi connectivity index (χ4n) is 2.59. The highest BCUT2D eigenvalue weighted by atomic mass is 35.5. The molecule has 0 spiro atoms. The zero-order chi connectivity index (χ0) is 14.8. The highest BCUT2D eigenvalue weighted by Crippen LogP contribution is 2.28. The Kier molecular flexibility index (Phi) is 4.01. The highest BCUT2D eigenvalue weighted by molar-refractivity contribution is 6.31. The fourth-order valence-corrected chi connectivity index (χ4v) is 2.75. The second-order valence-electron chi connectivity index (χ2n) is 5.12. The molecule has 6 heteroatoms. The molecule has 0 bridgehead atoms. The van der Waals surface area contributed by atoms with E-state index in [1.165, 1.54) is 0 Å². The third-order valence-corrected chi connectivity index (χ3v) is 3.96. The predicted octanol–water partition coefficient (Wildman–Crippen LogP) is 3.26. The van der Waals surface area contributed by atoms with E-state index in [-0.39, 0.29) is 11.9 Å². The maximum absolute atomic E-state index is 11.7. The molecule has 1 aromatic carbocycles. The van der Waals surface area contributed by atoms with Gasteiger partial charge in [0, 0.05) is 24.2 Å². The number of benzene rings is 1. The number of nitrogens with zero attached hydrogens (tertiary/aromatic N) is 2. The van der Waals surface area contributed by atoms with Crippen LogP contribution >= 0.6 is 11.6 Å². The SMILES string of the molecule is CCOC(=O)C1CCN(c2nc3ccc(Cl)cc3o2)CC1. The molecule has 1 aliphatic heterocycles. The fraction of sp³-hybridized carbons (Fsp3) is 0.467. The van der Waals surface area contributed by atoms with Gasteiger partial charge in [0.1, 0.15) is 5.52 Å². The van der Waals surface area contributed by atoms with Crippen LogP contribution in [0.25, 0.3) is 11.1 Å². The van der Waals surface area contributed by atoms with Crippen molar-refractivity contribution >= 4 is 34.7 Å². The molecule has 0 unspecified atom stereocenters. The third-order valence-electron chi connectivity index (χ3n) is 3.72. The molecule has 21 heavy (non-hydrogen) atoms. The number of carbonyl (C=O) groups excluding carboxylic acids is 1. The summed E-state index contributed by atoms with van der Waals surface area (Å²) in [5.74, 6) is -0.110. The number of ether oxygens (including phenoxy) is 1. The van der Waals surface area contributed by atoms with Crippen molar-refractivity contribution in [2.24, 2.45) is 5.92 Å². The molecule has 112 valence electrons. The lowest BCUT2D eigenvalue weighted by atomic mass is 9.97. The van der Waals surface area contributed by atoms with Crippen LogP contribution in [0.3, 0.4) is 0 Å². The smallest absolute Gasteiger partial charge is 0.309 e. The van der Waals surface area contributed by atoms with Crippen LogP contribution in [0.5, 0.6) is 0 Å². The second-order valence-corrected chi connectivity index (χ2v) is 5.56. The van der Waals surface area contributed by atoms with Crippen LogP contribution in [0.1, 0.15) is 19.8 Å². The summed E-state index contributed by atoms with van der Waals surface area (Å²) >= 11 is 5.94. The summed E-state index contributed by atoms with van der Waals surface area (Å²) in [4.78, 5) is 18.3. The molecular formula is C15H17ClN2O3. The number of fused-ring (bicyclic) bond motifs is 1. The summed E-state index contributed by atoms with van der Waals surface area (Å²) in [7, 11) is 0. The van der Waals surface area contributed by atoms with Crippen LogP contribution in [0.2, 0.25) is 5.02 Å². The van der Waals surface area contributed by atoms with Gasteiger partial charge in [-0.2, -0.15) is 4.98 Å². The molecule has 1 aliphatic rings. The molecule has 1 saturated heterocycles. The summed E-state index contributed by atoms with van der Waals surface area (Å²) in [5, 5.41) is 0.631. The number of hydrogen-bond donors (Lipinski definition) is 0. The molecular weight excluding hydrogens is 292 g/mol. The van der Waals surface area contributed by atoms with Crippen LogP contribution in [0.4, 0.5) is 6.01 Å². The largest absolute Gasteiger partial charge is 0.466 e. The Labute approximate surface area is 127 Å². The minimum atomic E-state index is -0.0958. The van der Waals surface area contributed by atoms with Crippen LogP contribution in [0, 0.1) is 5.92 Å². The maximum atomic E-state index is 11.7. The quantitative estimate of drug-likeness (QED) is 0.815. The first-order valence-electron chi connectivity index (χ1n) is 7.15. The molecule has 0 aliphatic carbocycles. The molecule has 1 aromatic heterocycles. The average molecular weight is 309 g/mol. The number of anilines is 1. The predicted molar refractivity (Wildman–Crippen MR) is 80.6 cm³/mol. The third kappa shape index (κ3) is 2.97. The number of carbonyl (C=O) groups is 1. The molecule has 1 fully saturated rings. The van der Waals surface area contributed by atoms with Gasteiger partial charge in [0.15, 0.2) is 5.58 Å². The van der Waals surface area contributed by atoms with Crippen molar-refractivity contribution in [1.29, 1.82) is 0 Å². The van der Waals surface area contributed by atoms with Crippen molar-refractivity contribution in [2.45, 2.75) is 19.8 Å². The van der Waals surface area contributed by atoms with Crippen molar-refractivity contribution in [2.75, 3.05) is 24.6 Å². The molecule has 0 atom stereocenters. The highest BCUT2D eigenvalue weighted by Gasteiger charge is 2.28. The monoisotopic (exact) mass is 308 g/mol. The summed E-state index contributed by atoms with van der Waals surface area (Å²) in [5.41, 5.74) is 1.48. The molecule has 0 saturated carbocycles. The number of oxazole rings is 1. The first-order chi connectivity index (χ1) is 10.2. The van der Waals surface area contributed by atoms with Crippen LogP contribution in [0.15, 0.2) is 22.6 Å². The summed E-state index contributed by atoms with van der Waals surface area (Å²) < 4.78 is 10.8. The lowest BCUT2D eigenvalue weighted by Crippen LogP contribution is -2.37. The Morgan fingerprint density at radius 1 is 1.48 bits per heavy atom. The van der Waals surface area contributed by atoms with E-state index in [1.807, 2.05) is 13.0 Å². The zero-order valence-electron chi connectivity index (χ0n) is 11.8. The van der Waals surface area contributed by atoms with E-state index >= 15 is 0 Å². The Morgan fingerprint density at radius 3 is 2.95 bits per heavy atom. The van der Waals surface area contributed by atoms with Gasteiger partial charge in [0.05, 0.1) is 12.5 Å². The second kappa shape index (κ2) is 5.93. The lowest BCUT2D eigenvalue weighted by molar-refractivity contribution is -0.148. The van der Waals surface area contributed by atoms with Gasteiger partial charge in [-0.15, -0.1) is 0 Å². The van der Waals surface area contributed by atoms with Crippen molar-refractivity contribution in [3.63, 3.8) is 0 Å². The molecule has 2 aromatic rings. The van der Waals surface area contributed by atoms with E-state index < -0.39 is 0 Å². The first kappa shape index (κ1) is 14.2. The molecule has 0 radical (unpaired) electrons. The van der Waals surface area contributed by atoms with Gasteiger partial charge in [0.2, 0.25) is 0 Å². The topological polar surface area (TPSA) is 55.6 Å². The number of aromatic nitrogens is 1. The van der Waals surface area contributed by atoms with Gasteiger partial charge >= 0.3 is 5.97 Å². The van der Waals surface area contributed by atoms with Crippen molar-refractivity contribution < 1.29 is 13.9 Å². The zero-order valence-corrected chi connectivity index (χ0v) is 12.6. The molecule has 0 amide bonds. The lowest BCUT2D eigenvalue weighted by Gasteiger charge is -2.29. The Bertz CT molecular complexity index is 647. The Morgan fingerprint density at radius 2 is 2.24 bits per heavy atom.